The minimum absolute atomic E-state index is 0.313. The molecule has 2 heterocycles. The molecule has 0 spiro atoms. The van der Waals surface area contributed by atoms with Crippen molar-refractivity contribution < 1.29 is 4.42 Å². The van der Waals surface area contributed by atoms with E-state index in [2.05, 4.69) is 31.0 Å². The summed E-state index contributed by atoms with van der Waals surface area (Å²) in [5.41, 5.74) is 0. The van der Waals surface area contributed by atoms with Gasteiger partial charge in [0.15, 0.2) is 5.82 Å². The normalized spacial score (nSPS) is 10.3. The van der Waals surface area contributed by atoms with E-state index in [0.717, 1.165) is 6.54 Å². The van der Waals surface area contributed by atoms with Gasteiger partial charge in [-0.05, 0) is 18.7 Å². The summed E-state index contributed by atoms with van der Waals surface area (Å²) in [5.74, 6) is 1.11. The molecule has 2 rings (SSSR count). The fourth-order valence-electron chi connectivity index (χ4n) is 1.09. The molecule has 0 atom stereocenters. The molecule has 2 aromatic heterocycles. The molecule has 0 amide bonds. The highest BCUT2D eigenvalue weighted by Crippen LogP contribution is 2.10. The molecular formula is C9H12N6O. The molecule has 0 saturated heterocycles. The zero-order chi connectivity index (χ0) is 11.2. The van der Waals surface area contributed by atoms with Gasteiger partial charge in [-0.1, -0.05) is 12.0 Å². The molecule has 0 fully saturated rings. The van der Waals surface area contributed by atoms with E-state index in [9.17, 15) is 0 Å². The summed E-state index contributed by atoms with van der Waals surface area (Å²) >= 11 is 0. The van der Waals surface area contributed by atoms with E-state index in [1.54, 1.807) is 18.3 Å². The van der Waals surface area contributed by atoms with Gasteiger partial charge in [0.2, 0.25) is 5.89 Å². The molecule has 0 radical (unpaired) electrons. The van der Waals surface area contributed by atoms with E-state index in [4.69, 9.17) is 4.42 Å². The number of anilines is 2. The Kier molecular flexibility index (Phi) is 3.39. The van der Waals surface area contributed by atoms with E-state index < -0.39 is 0 Å². The lowest BCUT2D eigenvalue weighted by Gasteiger charge is -1.97. The Labute approximate surface area is 92.3 Å². The smallest absolute Gasteiger partial charge is 0.321 e. The summed E-state index contributed by atoms with van der Waals surface area (Å²) in [5, 5.41) is 21.2. The monoisotopic (exact) mass is 220 g/mol. The molecule has 2 aromatic rings. The molecular weight excluding hydrogens is 208 g/mol. The minimum atomic E-state index is 0.313. The Morgan fingerprint density at radius 3 is 3.00 bits per heavy atom. The third-order valence-electron chi connectivity index (χ3n) is 1.80. The largest absolute Gasteiger partial charge is 0.406 e. The first-order valence-corrected chi connectivity index (χ1v) is 4.96. The SMILES string of the molecule is CCNCc1nnc(Nc2cccnn2)o1. The number of rotatable bonds is 5. The van der Waals surface area contributed by atoms with Crippen molar-refractivity contribution in [3.05, 3.63) is 24.2 Å². The van der Waals surface area contributed by atoms with Gasteiger partial charge in [0.05, 0.1) is 6.54 Å². The van der Waals surface area contributed by atoms with E-state index in [-0.39, 0.29) is 0 Å². The molecule has 0 unspecified atom stereocenters. The summed E-state index contributed by atoms with van der Waals surface area (Å²) in [6, 6.07) is 3.85. The Bertz CT molecular complexity index is 429. The Hall–Kier alpha value is -2.02. The predicted octanol–water partition coefficient (Wildman–Crippen LogP) is 0.713. The van der Waals surface area contributed by atoms with E-state index in [1.165, 1.54) is 0 Å². The van der Waals surface area contributed by atoms with Gasteiger partial charge in [-0.15, -0.1) is 10.2 Å². The number of aromatic nitrogens is 4. The van der Waals surface area contributed by atoms with Crippen molar-refractivity contribution in [2.24, 2.45) is 0 Å². The van der Waals surface area contributed by atoms with Gasteiger partial charge in [-0.2, -0.15) is 5.10 Å². The van der Waals surface area contributed by atoms with Gasteiger partial charge in [-0.25, -0.2) is 0 Å². The maximum Gasteiger partial charge on any atom is 0.321 e. The lowest BCUT2D eigenvalue weighted by Crippen LogP contribution is -2.11. The van der Waals surface area contributed by atoms with Crippen LogP contribution in [-0.2, 0) is 6.54 Å². The summed E-state index contributed by atoms with van der Waals surface area (Å²) in [7, 11) is 0. The lowest BCUT2D eigenvalue weighted by atomic mass is 10.5. The summed E-state index contributed by atoms with van der Waals surface area (Å²) < 4.78 is 5.33. The second-order valence-corrected chi connectivity index (χ2v) is 3.02. The van der Waals surface area contributed by atoms with Crippen LogP contribution in [0, 0.1) is 0 Å². The van der Waals surface area contributed by atoms with Crippen LogP contribution < -0.4 is 10.6 Å². The number of hydrogen-bond donors (Lipinski definition) is 2. The topological polar surface area (TPSA) is 88.8 Å². The van der Waals surface area contributed by atoms with Crippen LogP contribution in [0.3, 0.4) is 0 Å². The van der Waals surface area contributed by atoms with Gasteiger partial charge in [0.25, 0.3) is 0 Å². The van der Waals surface area contributed by atoms with Gasteiger partial charge in [-0.3, -0.25) is 5.32 Å². The van der Waals surface area contributed by atoms with E-state index in [0.29, 0.717) is 24.3 Å². The molecule has 0 aliphatic rings. The summed E-state index contributed by atoms with van der Waals surface area (Å²) in [6.07, 6.45) is 1.59. The second kappa shape index (κ2) is 5.17. The number of nitrogens with one attached hydrogen (secondary N) is 2. The van der Waals surface area contributed by atoms with Crippen LogP contribution in [0.25, 0.3) is 0 Å². The van der Waals surface area contributed by atoms with Crippen molar-refractivity contribution in [1.82, 2.24) is 25.7 Å². The molecule has 0 aliphatic heterocycles. The average Bonchev–Trinajstić information content (AvgIpc) is 2.75. The van der Waals surface area contributed by atoms with Crippen LogP contribution in [0.15, 0.2) is 22.7 Å². The maximum atomic E-state index is 5.33. The minimum Gasteiger partial charge on any atom is -0.406 e. The van der Waals surface area contributed by atoms with E-state index in [1.807, 2.05) is 6.92 Å². The fraction of sp³-hybridized carbons (Fsp3) is 0.333. The lowest BCUT2D eigenvalue weighted by molar-refractivity contribution is 0.484. The highest BCUT2D eigenvalue weighted by Gasteiger charge is 2.05. The van der Waals surface area contributed by atoms with Crippen LogP contribution in [0.1, 0.15) is 12.8 Å². The maximum absolute atomic E-state index is 5.33. The predicted molar refractivity (Wildman–Crippen MR) is 57.0 cm³/mol. The highest BCUT2D eigenvalue weighted by atomic mass is 16.4. The molecule has 16 heavy (non-hydrogen) atoms. The van der Waals surface area contributed by atoms with Crippen LogP contribution >= 0.6 is 0 Å². The van der Waals surface area contributed by atoms with E-state index >= 15 is 0 Å². The molecule has 0 saturated carbocycles. The molecule has 0 bridgehead atoms. The molecule has 0 aromatic carbocycles. The van der Waals surface area contributed by atoms with Crippen molar-refractivity contribution in [2.45, 2.75) is 13.5 Å². The van der Waals surface area contributed by atoms with Crippen LogP contribution in [0.4, 0.5) is 11.8 Å². The number of nitrogens with zero attached hydrogens (tertiary/aromatic N) is 4. The fourth-order valence-corrected chi connectivity index (χ4v) is 1.09. The second-order valence-electron chi connectivity index (χ2n) is 3.02. The third-order valence-corrected chi connectivity index (χ3v) is 1.80. The first-order chi connectivity index (χ1) is 7.88. The first-order valence-electron chi connectivity index (χ1n) is 4.96. The van der Waals surface area contributed by atoms with Crippen molar-refractivity contribution in [1.29, 1.82) is 0 Å². The summed E-state index contributed by atoms with van der Waals surface area (Å²) in [6.45, 7) is 3.43. The van der Waals surface area contributed by atoms with Gasteiger partial charge >= 0.3 is 6.01 Å². The Morgan fingerprint density at radius 1 is 1.31 bits per heavy atom. The molecule has 0 aliphatic carbocycles. The zero-order valence-corrected chi connectivity index (χ0v) is 8.84. The first kappa shape index (κ1) is 10.5. The molecule has 84 valence electrons. The molecule has 7 heteroatoms. The van der Waals surface area contributed by atoms with Crippen molar-refractivity contribution in [3.63, 3.8) is 0 Å². The van der Waals surface area contributed by atoms with Crippen molar-refractivity contribution in [2.75, 3.05) is 11.9 Å². The van der Waals surface area contributed by atoms with Crippen LogP contribution in [0.2, 0.25) is 0 Å². The highest BCUT2D eigenvalue weighted by molar-refractivity contribution is 5.43. The summed E-state index contributed by atoms with van der Waals surface area (Å²) in [4.78, 5) is 0. The Morgan fingerprint density at radius 2 is 2.25 bits per heavy atom. The molecule has 7 nitrogen and oxygen atoms in total. The van der Waals surface area contributed by atoms with Gasteiger partial charge < -0.3 is 9.73 Å². The van der Waals surface area contributed by atoms with Crippen molar-refractivity contribution in [3.8, 4) is 0 Å². The average molecular weight is 220 g/mol. The van der Waals surface area contributed by atoms with Crippen LogP contribution in [0.5, 0.6) is 0 Å². The van der Waals surface area contributed by atoms with Crippen molar-refractivity contribution >= 4 is 11.8 Å². The number of hydrogen-bond acceptors (Lipinski definition) is 7. The standard InChI is InChI=1S/C9H12N6O/c1-2-10-6-8-14-15-9(16-8)12-7-4-3-5-11-13-7/h3-5,10H,2,6H2,1H3,(H,12,13,15). The van der Waals surface area contributed by atoms with Crippen LogP contribution in [-0.4, -0.2) is 26.9 Å². The van der Waals surface area contributed by atoms with Gasteiger partial charge in [0, 0.05) is 6.20 Å². The van der Waals surface area contributed by atoms with Gasteiger partial charge in [0.1, 0.15) is 0 Å². The Balaban J connectivity index is 1.97. The zero-order valence-electron chi connectivity index (χ0n) is 8.84. The molecule has 2 N–H and O–H groups in total. The third kappa shape index (κ3) is 2.74. The quantitative estimate of drug-likeness (QED) is 0.767.